The molecule has 2 rings (SSSR count). The molecule has 2 aromatic rings. The molecule has 0 aliphatic carbocycles. The van der Waals surface area contributed by atoms with Gasteiger partial charge in [-0.15, -0.1) is 0 Å². The van der Waals surface area contributed by atoms with Crippen molar-refractivity contribution in [2.24, 2.45) is 0 Å². The highest BCUT2D eigenvalue weighted by Crippen LogP contribution is 2.14. The average molecular weight is 307 g/mol. The van der Waals surface area contributed by atoms with E-state index in [1.807, 2.05) is 24.3 Å². The number of rotatable bonds is 3. The Morgan fingerprint density at radius 3 is 2.83 bits per heavy atom. The Labute approximate surface area is 113 Å². The van der Waals surface area contributed by atoms with Crippen molar-refractivity contribution in [3.63, 3.8) is 0 Å². The van der Waals surface area contributed by atoms with Crippen molar-refractivity contribution in [2.45, 2.75) is 13.3 Å². The van der Waals surface area contributed by atoms with Gasteiger partial charge in [-0.1, -0.05) is 28.1 Å². The van der Waals surface area contributed by atoms with E-state index in [2.05, 4.69) is 25.9 Å². The molecule has 0 saturated carbocycles. The molecule has 1 N–H and O–H groups in total. The molecule has 92 valence electrons. The molecule has 0 aliphatic heterocycles. The molecule has 0 spiro atoms. The summed E-state index contributed by atoms with van der Waals surface area (Å²) in [7, 11) is 0. The number of nitrogens with zero attached hydrogens (tertiary/aromatic N) is 2. The average Bonchev–Trinajstić information content (AvgIpc) is 2.28. The van der Waals surface area contributed by atoms with Crippen LogP contribution >= 0.6 is 15.9 Å². The lowest BCUT2D eigenvalue weighted by atomic mass is 10.1. The Hall–Kier alpha value is -1.75. The van der Waals surface area contributed by atoms with E-state index >= 15 is 0 Å². The third kappa shape index (κ3) is 2.92. The smallest absolute Gasteiger partial charge is 0.339 e. The van der Waals surface area contributed by atoms with Crippen molar-refractivity contribution in [1.82, 2.24) is 9.97 Å². The van der Waals surface area contributed by atoms with Gasteiger partial charge in [0.25, 0.3) is 0 Å². The Balaban J connectivity index is 2.25. The van der Waals surface area contributed by atoms with E-state index in [4.69, 9.17) is 5.11 Å². The summed E-state index contributed by atoms with van der Waals surface area (Å²) in [6.45, 7) is 1.68. The molecule has 1 heterocycles. The number of carboxylic acid groups (broad SMARTS) is 1. The van der Waals surface area contributed by atoms with Crippen LogP contribution in [-0.4, -0.2) is 21.0 Å². The zero-order valence-electron chi connectivity index (χ0n) is 9.72. The van der Waals surface area contributed by atoms with Crippen LogP contribution in [0.2, 0.25) is 0 Å². The van der Waals surface area contributed by atoms with Gasteiger partial charge in [-0.3, -0.25) is 0 Å². The van der Waals surface area contributed by atoms with Crippen LogP contribution < -0.4 is 0 Å². The summed E-state index contributed by atoms with van der Waals surface area (Å²) >= 11 is 3.40. The fourth-order valence-electron chi connectivity index (χ4n) is 1.64. The van der Waals surface area contributed by atoms with Crippen molar-refractivity contribution in [3.05, 3.63) is 57.6 Å². The maximum absolute atomic E-state index is 10.8. The summed E-state index contributed by atoms with van der Waals surface area (Å²) in [6.07, 6.45) is 1.94. The predicted molar refractivity (Wildman–Crippen MR) is 70.7 cm³/mol. The molecule has 0 fully saturated rings. The van der Waals surface area contributed by atoms with Crippen LogP contribution in [0.4, 0.5) is 0 Å². The van der Waals surface area contributed by atoms with E-state index in [-0.39, 0.29) is 5.56 Å². The summed E-state index contributed by atoms with van der Waals surface area (Å²) in [5.74, 6) is -0.378. The van der Waals surface area contributed by atoms with Crippen LogP contribution in [0.25, 0.3) is 0 Å². The highest BCUT2D eigenvalue weighted by molar-refractivity contribution is 9.10. The molecule has 0 atom stereocenters. The van der Waals surface area contributed by atoms with Crippen molar-refractivity contribution in [2.75, 3.05) is 0 Å². The number of aryl methyl sites for hydroxylation is 1. The van der Waals surface area contributed by atoms with Crippen molar-refractivity contribution < 1.29 is 9.90 Å². The van der Waals surface area contributed by atoms with E-state index < -0.39 is 5.97 Å². The van der Waals surface area contributed by atoms with Crippen LogP contribution in [0.5, 0.6) is 0 Å². The fourth-order valence-corrected chi connectivity index (χ4v) is 2.09. The highest BCUT2D eigenvalue weighted by Gasteiger charge is 2.10. The van der Waals surface area contributed by atoms with Gasteiger partial charge < -0.3 is 5.11 Å². The third-order valence-electron chi connectivity index (χ3n) is 2.51. The molecule has 0 aliphatic rings. The number of halogens is 1. The number of carboxylic acids is 1. The topological polar surface area (TPSA) is 63.1 Å². The zero-order chi connectivity index (χ0) is 13.1. The van der Waals surface area contributed by atoms with E-state index in [1.165, 1.54) is 6.20 Å². The van der Waals surface area contributed by atoms with E-state index in [1.54, 1.807) is 6.92 Å². The van der Waals surface area contributed by atoms with Gasteiger partial charge in [0.2, 0.25) is 0 Å². The zero-order valence-corrected chi connectivity index (χ0v) is 11.3. The Bertz CT molecular complexity index is 599. The first-order valence-corrected chi connectivity index (χ1v) is 6.16. The molecule has 18 heavy (non-hydrogen) atoms. The number of hydrogen-bond donors (Lipinski definition) is 1. The molecule has 0 radical (unpaired) electrons. The molecule has 0 bridgehead atoms. The Morgan fingerprint density at radius 1 is 1.44 bits per heavy atom. The summed E-state index contributed by atoms with van der Waals surface area (Å²) in [5, 5.41) is 8.90. The molecular formula is C13H11BrN2O2. The SMILES string of the molecule is Cc1nc(Cc2cccc(Br)c2)ncc1C(=O)O. The summed E-state index contributed by atoms with van der Waals surface area (Å²) in [4.78, 5) is 19.1. The minimum Gasteiger partial charge on any atom is -0.478 e. The lowest BCUT2D eigenvalue weighted by Gasteiger charge is -2.04. The highest BCUT2D eigenvalue weighted by atomic mass is 79.9. The number of hydrogen-bond acceptors (Lipinski definition) is 3. The quantitative estimate of drug-likeness (QED) is 0.947. The van der Waals surface area contributed by atoms with Gasteiger partial charge in [-0.2, -0.15) is 0 Å². The van der Waals surface area contributed by atoms with Crippen molar-refractivity contribution in [1.29, 1.82) is 0 Å². The van der Waals surface area contributed by atoms with Gasteiger partial charge in [0.15, 0.2) is 0 Å². The second-order valence-electron chi connectivity index (χ2n) is 3.90. The van der Waals surface area contributed by atoms with Gasteiger partial charge in [0, 0.05) is 17.1 Å². The minimum absolute atomic E-state index is 0.146. The number of aromatic nitrogens is 2. The normalized spacial score (nSPS) is 10.3. The molecule has 5 heteroatoms. The third-order valence-corrected chi connectivity index (χ3v) is 3.00. The van der Waals surface area contributed by atoms with Crippen LogP contribution in [-0.2, 0) is 6.42 Å². The van der Waals surface area contributed by atoms with Gasteiger partial charge in [-0.25, -0.2) is 14.8 Å². The molecule has 4 nitrogen and oxygen atoms in total. The van der Waals surface area contributed by atoms with Crippen molar-refractivity contribution >= 4 is 21.9 Å². The number of carbonyl (C=O) groups is 1. The van der Waals surface area contributed by atoms with Gasteiger partial charge in [0.05, 0.1) is 11.3 Å². The second-order valence-corrected chi connectivity index (χ2v) is 4.81. The first-order valence-electron chi connectivity index (χ1n) is 5.36. The fraction of sp³-hybridized carbons (Fsp3) is 0.154. The Kier molecular flexibility index (Phi) is 3.72. The van der Waals surface area contributed by atoms with Crippen LogP contribution in [0.1, 0.15) is 27.4 Å². The summed E-state index contributed by atoms with van der Waals surface area (Å²) in [5.41, 5.74) is 1.71. The Morgan fingerprint density at radius 2 is 2.22 bits per heavy atom. The molecular weight excluding hydrogens is 296 g/mol. The first kappa shape index (κ1) is 12.7. The predicted octanol–water partition coefficient (Wildman–Crippen LogP) is 2.84. The number of aromatic carboxylic acids is 1. The van der Waals surface area contributed by atoms with E-state index in [0.29, 0.717) is 17.9 Å². The van der Waals surface area contributed by atoms with E-state index in [9.17, 15) is 4.79 Å². The molecule has 0 unspecified atom stereocenters. The monoisotopic (exact) mass is 306 g/mol. The maximum atomic E-state index is 10.8. The second kappa shape index (κ2) is 5.27. The largest absolute Gasteiger partial charge is 0.478 e. The van der Waals surface area contributed by atoms with Gasteiger partial charge in [0.1, 0.15) is 5.82 Å². The molecule has 0 saturated heterocycles. The first-order chi connectivity index (χ1) is 8.56. The van der Waals surface area contributed by atoms with Gasteiger partial charge in [-0.05, 0) is 24.6 Å². The molecule has 1 aromatic carbocycles. The van der Waals surface area contributed by atoms with Gasteiger partial charge >= 0.3 is 5.97 Å². The molecule has 0 amide bonds. The maximum Gasteiger partial charge on any atom is 0.339 e. The van der Waals surface area contributed by atoms with Crippen LogP contribution in [0.3, 0.4) is 0 Å². The van der Waals surface area contributed by atoms with Crippen LogP contribution in [0.15, 0.2) is 34.9 Å². The summed E-state index contributed by atoms with van der Waals surface area (Å²) < 4.78 is 0.999. The van der Waals surface area contributed by atoms with Crippen LogP contribution in [0, 0.1) is 6.92 Å². The lowest BCUT2D eigenvalue weighted by molar-refractivity contribution is 0.0695. The number of benzene rings is 1. The standard InChI is InChI=1S/C13H11BrN2O2/c1-8-11(13(17)18)7-15-12(16-8)6-9-3-2-4-10(14)5-9/h2-5,7H,6H2,1H3,(H,17,18). The lowest BCUT2D eigenvalue weighted by Crippen LogP contribution is -2.06. The molecule has 1 aromatic heterocycles. The summed E-state index contributed by atoms with van der Waals surface area (Å²) in [6, 6.07) is 7.86. The van der Waals surface area contributed by atoms with Crippen molar-refractivity contribution in [3.8, 4) is 0 Å². The van der Waals surface area contributed by atoms with E-state index in [0.717, 1.165) is 10.0 Å². The minimum atomic E-state index is -0.999.